The summed E-state index contributed by atoms with van der Waals surface area (Å²) in [5.74, 6) is -4.22. The predicted octanol–water partition coefficient (Wildman–Crippen LogP) is -0.963. The Labute approximate surface area is 192 Å². The van der Waals surface area contributed by atoms with Gasteiger partial charge in [0.15, 0.2) is 0 Å². The molecule has 0 aliphatic carbocycles. The lowest BCUT2D eigenvalue weighted by molar-refractivity contribution is -0.142. The van der Waals surface area contributed by atoms with Crippen LogP contribution < -0.4 is 27.4 Å². The van der Waals surface area contributed by atoms with Crippen LogP contribution in [0.1, 0.15) is 39.2 Å². The maximum atomic E-state index is 13.0. The minimum Gasteiger partial charge on any atom is -0.480 e. The normalized spacial score (nSPS) is 14.5. The average Bonchev–Trinajstić information content (AvgIpc) is 2.73. The van der Waals surface area contributed by atoms with Crippen molar-refractivity contribution in [2.24, 2.45) is 17.4 Å². The molecular formula is C22H33N5O6. The molecule has 11 nitrogen and oxygen atoms in total. The maximum absolute atomic E-state index is 13.0. The van der Waals surface area contributed by atoms with E-state index in [-0.39, 0.29) is 25.2 Å². The molecule has 182 valence electrons. The Kier molecular flexibility index (Phi) is 11.0. The number of carbonyl (C=O) groups is 5. The van der Waals surface area contributed by atoms with E-state index in [0.29, 0.717) is 0 Å². The van der Waals surface area contributed by atoms with Gasteiger partial charge in [-0.25, -0.2) is 4.79 Å². The summed E-state index contributed by atoms with van der Waals surface area (Å²) in [6.07, 6.45) is -0.347. The number of hydrogen-bond donors (Lipinski definition) is 6. The Bertz CT molecular complexity index is 843. The number of amides is 4. The van der Waals surface area contributed by atoms with Crippen molar-refractivity contribution in [1.29, 1.82) is 0 Å². The van der Waals surface area contributed by atoms with Crippen LogP contribution in [0.5, 0.6) is 0 Å². The zero-order valence-corrected chi connectivity index (χ0v) is 19.0. The van der Waals surface area contributed by atoms with E-state index < -0.39 is 53.8 Å². The molecule has 8 N–H and O–H groups in total. The van der Waals surface area contributed by atoms with Gasteiger partial charge in [0, 0.05) is 12.8 Å². The topological polar surface area (TPSA) is 194 Å². The van der Waals surface area contributed by atoms with Gasteiger partial charge < -0.3 is 32.5 Å². The largest absolute Gasteiger partial charge is 0.480 e. The number of hydrogen-bond acceptors (Lipinski definition) is 6. The highest BCUT2D eigenvalue weighted by Crippen LogP contribution is 2.08. The lowest BCUT2D eigenvalue weighted by atomic mass is 10.00. The van der Waals surface area contributed by atoms with Gasteiger partial charge in [0.05, 0.1) is 6.04 Å². The Morgan fingerprint density at radius 2 is 1.45 bits per heavy atom. The highest BCUT2D eigenvalue weighted by molar-refractivity contribution is 5.94. The van der Waals surface area contributed by atoms with Crippen LogP contribution in [0.4, 0.5) is 0 Å². The molecule has 1 aromatic rings. The van der Waals surface area contributed by atoms with Crippen molar-refractivity contribution < 1.29 is 29.1 Å². The molecule has 4 amide bonds. The molecule has 33 heavy (non-hydrogen) atoms. The molecule has 4 unspecified atom stereocenters. The third kappa shape index (κ3) is 9.69. The summed E-state index contributed by atoms with van der Waals surface area (Å²) >= 11 is 0. The molecule has 0 saturated heterocycles. The van der Waals surface area contributed by atoms with Gasteiger partial charge in [0.2, 0.25) is 23.6 Å². The van der Waals surface area contributed by atoms with Crippen LogP contribution in [0.2, 0.25) is 0 Å². The molecule has 0 heterocycles. The quantitative estimate of drug-likeness (QED) is 0.217. The highest BCUT2D eigenvalue weighted by Gasteiger charge is 2.31. The second kappa shape index (κ2) is 13.2. The predicted molar refractivity (Wildman–Crippen MR) is 120 cm³/mol. The number of benzene rings is 1. The fraction of sp³-hybridized carbons (Fsp3) is 0.500. The van der Waals surface area contributed by atoms with E-state index in [1.54, 1.807) is 44.2 Å². The fourth-order valence-electron chi connectivity index (χ4n) is 2.96. The van der Waals surface area contributed by atoms with Crippen LogP contribution in [-0.2, 0) is 30.4 Å². The van der Waals surface area contributed by atoms with Gasteiger partial charge in [0.25, 0.3) is 0 Å². The Hall–Kier alpha value is -3.47. The second-order valence-corrected chi connectivity index (χ2v) is 8.17. The van der Waals surface area contributed by atoms with E-state index in [1.807, 2.05) is 0 Å². The number of carbonyl (C=O) groups excluding carboxylic acids is 4. The van der Waals surface area contributed by atoms with E-state index in [9.17, 15) is 29.1 Å². The van der Waals surface area contributed by atoms with Crippen LogP contribution in [0.15, 0.2) is 30.3 Å². The molecule has 11 heteroatoms. The van der Waals surface area contributed by atoms with Crippen LogP contribution in [0.3, 0.4) is 0 Å². The first-order valence-electron chi connectivity index (χ1n) is 10.6. The van der Waals surface area contributed by atoms with Gasteiger partial charge in [-0.05, 0) is 24.8 Å². The van der Waals surface area contributed by atoms with Crippen LogP contribution in [0.25, 0.3) is 0 Å². The fourth-order valence-corrected chi connectivity index (χ4v) is 2.96. The molecule has 1 aromatic carbocycles. The smallest absolute Gasteiger partial charge is 0.326 e. The molecule has 0 bridgehead atoms. The maximum Gasteiger partial charge on any atom is 0.326 e. The summed E-state index contributed by atoms with van der Waals surface area (Å²) in [5.41, 5.74) is 11.4. The minimum absolute atomic E-state index is 0.0760. The molecule has 0 aliphatic rings. The van der Waals surface area contributed by atoms with Crippen LogP contribution >= 0.6 is 0 Å². The Morgan fingerprint density at radius 3 is 1.94 bits per heavy atom. The van der Waals surface area contributed by atoms with Crippen molar-refractivity contribution in [2.45, 2.75) is 64.2 Å². The molecule has 0 radical (unpaired) electrons. The minimum atomic E-state index is -1.36. The monoisotopic (exact) mass is 463 g/mol. The summed E-state index contributed by atoms with van der Waals surface area (Å²) in [6.45, 7) is 4.93. The first-order chi connectivity index (χ1) is 15.4. The molecule has 4 atom stereocenters. The summed E-state index contributed by atoms with van der Waals surface area (Å²) in [7, 11) is 0. The van der Waals surface area contributed by atoms with Gasteiger partial charge in [-0.2, -0.15) is 0 Å². The van der Waals surface area contributed by atoms with Gasteiger partial charge in [-0.1, -0.05) is 44.2 Å². The van der Waals surface area contributed by atoms with Crippen molar-refractivity contribution in [1.82, 2.24) is 16.0 Å². The van der Waals surface area contributed by atoms with Crippen molar-refractivity contribution in [3.8, 4) is 0 Å². The Morgan fingerprint density at radius 1 is 0.879 bits per heavy atom. The van der Waals surface area contributed by atoms with Crippen molar-refractivity contribution >= 4 is 29.6 Å². The summed E-state index contributed by atoms with van der Waals surface area (Å²) in [5, 5.41) is 16.9. The van der Waals surface area contributed by atoms with E-state index in [2.05, 4.69) is 16.0 Å². The molecule has 0 spiro atoms. The Balaban J connectivity index is 3.08. The van der Waals surface area contributed by atoms with Crippen molar-refractivity contribution in [3.05, 3.63) is 35.9 Å². The van der Waals surface area contributed by atoms with E-state index in [1.165, 1.54) is 6.92 Å². The number of nitrogens with one attached hydrogen (secondary N) is 3. The lowest BCUT2D eigenvalue weighted by Gasteiger charge is -2.26. The van der Waals surface area contributed by atoms with E-state index >= 15 is 0 Å². The van der Waals surface area contributed by atoms with Crippen molar-refractivity contribution in [2.75, 3.05) is 0 Å². The molecule has 0 aliphatic heterocycles. The highest BCUT2D eigenvalue weighted by atomic mass is 16.4. The van der Waals surface area contributed by atoms with Gasteiger partial charge in [-0.15, -0.1) is 0 Å². The summed E-state index contributed by atoms with van der Waals surface area (Å²) in [6, 6.07) is 4.54. The third-order valence-corrected chi connectivity index (χ3v) is 4.87. The zero-order chi connectivity index (χ0) is 25.1. The van der Waals surface area contributed by atoms with Crippen LogP contribution in [-0.4, -0.2) is 58.9 Å². The molecular weight excluding hydrogens is 430 g/mol. The number of carboxylic acid groups (broad SMARTS) is 1. The van der Waals surface area contributed by atoms with E-state index in [0.717, 1.165) is 5.56 Å². The zero-order valence-electron chi connectivity index (χ0n) is 19.0. The summed E-state index contributed by atoms with van der Waals surface area (Å²) < 4.78 is 0. The van der Waals surface area contributed by atoms with Gasteiger partial charge in [-0.3, -0.25) is 19.2 Å². The number of primary amides is 1. The average molecular weight is 464 g/mol. The number of nitrogens with two attached hydrogens (primary N) is 2. The number of carboxylic acids is 1. The molecule has 0 saturated carbocycles. The van der Waals surface area contributed by atoms with Gasteiger partial charge >= 0.3 is 5.97 Å². The van der Waals surface area contributed by atoms with Crippen molar-refractivity contribution in [3.63, 3.8) is 0 Å². The molecule has 0 fully saturated rings. The standard InChI is InChI=1S/C22H33N5O6/c1-12(2)18(27-19(29)13(3)23)21(31)26-16(11-14-7-5-4-6-8-14)20(30)25-15(22(32)33)9-10-17(24)28/h4-8,12-13,15-16,18H,9-11,23H2,1-3H3,(H2,24,28)(H,25,30)(H,26,31)(H,27,29)(H,32,33). The first-order valence-corrected chi connectivity index (χ1v) is 10.6. The number of rotatable bonds is 13. The lowest BCUT2D eigenvalue weighted by Crippen LogP contribution is -2.58. The molecule has 0 aromatic heterocycles. The SMILES string of the molecule is CC(N)C(=O)NC(C(=O)NC(Cc1ccccc1)C(=O)NC(CCC(N)=O)C(=O)O)C(C)C. The third-order valence-electron chi connectivity index (χ3n) is 4.87. The van der Waals surface area contributed by atoms with Gasteiger partial charge in [0.1, 0.15) is 18.1 Å². The first kappa shape index (κ1) is 27.6. The second-order valence-electron chi connectivity index (χ2n) is 8.17. The summed E-state index contributed by atoms with van der Waals surface area (Å²) in [4.78, 5) is 60.5. The van der Waals surface area contributed by atoms with Crippen LogP contribution in [0, 0.1) is 5.92 Å². The van der Waals surface area contributed by atoms with E-state index in [4.69, 9.17) is 11.5 Å². The molecule has 1 rings (SSSR count). The number of aliphatic carboxylic acids is 1.